The smallest absolute Gasteiger partial charge is 0.312 e. The average Bonchev–Trinajstić information content (AvgIpc) is 2.62. The van der Waals surface area contributed by atoms with Gasteiger partial charge in [-0.3, -0.25) is 14.4 Å². The van der Waals surface area contributed by atoms with Crippen LogP contribution in [-0.4, -0.2) is 64.6 Å². The largest absolute Gasteiger partial charge is 0.460 e. The molecule has 0 bridgehead atoms. The number of nitrogens with two attached hydrogens (primary N) is 1. The van der Waals surface area contributed by atoms with Crippen LogP contribution in [0.3, 0.4) is 0 Å². The summed E-state index contributed by atoms with van der Waals surface area (Å²) in [5.74, 6) is -5.34. The van der Waals surface area contributed by atoms with E-state index in [0.29, 0.717) is 0 Å². The van der Waals surface area contributed by atoms with E-state index in [1.807, 2.05) is 0 Å². The maximum absolute atomic E-state index is 13.1. The second-order valence-corrected chi connectivity index (χ2v) is 11.9. The molecule has 4 N–H and O–H groups in total. The number of hydrogen-bond acceptors (Lipinski definition) is 9. The Morgan fingerprint density at radius 3 is 1.35 bits per heavy atom. The summed E-state index contributed by atoms with van der Waals surface area (Å²) in [6.07, 6.45) is 0. The molecule has 0 aromatic carbocycles. The van der Waals surface area contributed by atoms with Crippen LogP contribution < -0.4 is 11.1 Å². The van der Waals surface area contributed by atoms with Crippen molar-refractivity contribution in [3.05, 3.63) is 0 Å². The Morgan fingerprint density at radius 1 is 0.735 bits per heavy atom. The number of ether oxygens (including phenoxy) is 3. The molecular formula is C25H48N2O7. The monoisotopic (exact) mass is 488 g/mol. The zero-order valence-corrected chi connectivity index (χ0v) is 23.2. The lowest BCUT2D eigenvalue weighted by atomic mass is 9.69. The van der Waals surface area contributed by atoms with E-state index >= 15 is 0 Å². The fourth-order valence-corrected chi connectivity index (χ4v) is 3.58. The van der Waals surface area contributed by atoms with Crippen LogP contribution in [0.25, 0.3) is 0 Å². The van der Waals surface area contributed by atoms with Gasteiger partial charge in [0.1, 0.15) is 22.4 Å². The predicted octanol–water partition coefficient (Wildman–Crippen LogP) is 2.57. The van der Waals surface area contributed by atoms with Crippen LogP contribution in [0.15, 0.2) is 0 Å². The molecule has 0 aromatic heterocycles. The van der Waals surface area contributed by atoms with Gasteiger partial charge in [-0.15, -0.1) is 0 Å². The number of aliphatic hydroxyl groups is 1. The lowest BCUT2D eigenvalue weighted by Crippen LogP contribution is -2.66. The van der Waals surface area contributed by atoms with Crippen LogP contribution in [0, 0.1) is 17.8 Å². The van der Waals surface area contributed by atoms with E-state index in [2.05, 4.69) is 5.32 Å². The van der Waals surface area contributed by atoms with Crippen LogP contribution in [0.1, 0.15) is 83.1 Å². The third kappa shape index (κ3) is 9.88. The third-order valence-electron chi connectivity index (χ3n) is 5.19. The van der Waals surface area contributed by atoms with Crippen molar-refractivity contribution in [3.8, 4) is 0 Å². The molecule has 9 nitrogen and oxygen atoms in total. The van der Waals surface area contributed by atoms with Gasteiger partial charge in [-0.05, 0) is 76.2 Å². The molecule has 0 aromatic rings. The van der Waals surface area contributed by atoms with Crippen LogP contribution in [0.4, 0.5) is 0 Å². The molecule has 0 amide bonds. The summed E-state index contributed by atoms with van der Waals surface area (Å²) in [4.78, 5) is 39.2. The predicted molar refractivity (Wildman–Crippen MR) is 131 cm³/mol. The summed E-state index contributed by atoms with van der Waals surface area (Å²) >= 11 is 0. The van der Waals surface area contributed by atoms with Crippen LogP contribution in [0.2, 0.25) is 0 Å². The first-order valence-electron chi connectivity index (χ1n) is 11.9. The molecule has 0 fully saturated rings. The molecule has 9 heteroatoms. The molecule has 0 spiro atoms. The van der Waals surface area contributed by atoms with Gasteiger partial charge in [0.2, 0.25) is 0 Å². The number of esters is 3. The zero-order valence-electron chi connectivity index (χ0n) is 23.2. The third-order valence-corrected chi connectivity index (χ3v) is 5.19. The van der Waals surface area contributed by atoms with Crippen LogP contribution in [-0.2, 0) is 28.6 Å². The highest BCUT2D eigenvalue weighted by atomic mass is 16.6. The summed E-state index contributed by atoms with van der Waals surface area (Å²) in [7, 11) is 0. The average molecular weight is 489 g/mol. The van der Waals surface area contributed by atoms with Gasteiger partial charge in [-0.2, -0.15) is 0 Å². The van der Waals surface area contributed by atoms with Crippen LogP contribution in [0.5, 0.6) is 0 Å². The minimum absolute atomic E-state index is 0.204. The summed E-state index contributed by atoms with van der Waals surface area (Å²) in [6, 6.07) is -1.07. The Bertz CT molecular complexity index is 668. The Balaban J connectivity index is 6.63. The molecule has 0 aliphatic carbocycles. The summed E-state index contributed by atoms with van der Waals surface area (Å²) in [5, 5.41) is 15.3. The molecule has 4 atom stereocenters. The molecule has 0 rings (SSSR count). The van der Waals surface area contributed by atoms with E-state index < -0.39 is 64.1 Å². The van der Waals surface area contributed by atoms with Crippen LogP contribution >= 0.6 is 0 Å². The topological polar surface area (TPSA) is 137 Å². The molecule has 34 heavy (non-hydrogen) atoms. The van der Waals surface area contributed by atoms with Crippen molar-refractivity contribution in [3.63, 3.8) is 0 Å². The summed E-state index contributed by atoms with van der Waals surface area (Å²) < 4.78 is 16.6. The normalized spacial score (nSPS) is 18.2. The van der Waals surface area contributed by atoms with Gasteiger partial charge in [0, 0.05) is 13.1 Å². The van der Waals surface area contributed by atoms with E-state index in [1.54, 1.807) is 69.2 Å². The van der Waals surface area contributed by atoms with Gasteiger partial charge in [-0.25, -0.2) is 0 Å². The lowest BCUT2D eigenvalue weighted by Gasteiger charge is -2.46. The Hall–Kier alpha value is -1.71. The first kappa shape index (κ1) is 32.3. The number of hydrogen-bond donors (Lipinski definition) is 3. The van der Waals surface area contributed by atoms with E-state index in [-0.39, 0.29) is 13.1 Å². The highest BCUT2D eigenvalue weighted by Crippen LogP contribution is 2.37. The fraction of sp³-hybridized carbons (Fsp3) is 0.880. The second kappa shape index (κ2) is 11.8. The minimum Gasteiger partial charge on any atom is -0.460 e. The Morgan fingerprint density at radius 2 is 1.06 bits per heavy atom. The van der Waals surface area contributed by atoms with Gasteiger partial charge in [0.15, 0.2) is 0 Å². The Labute approximate surface area is 205 Å². The standard InChI is InChI=1S/C25H48N2O7/c1-15(19(28)32-22(4,5)6)18(27-14-13-26)25(31,16(2)20(29)33-23(7,8)9)17(3)21(30)34-24(10,11)12/h15-18,27,31H,13-14,26H2,1-12H3. The van der Waals surface area contributed by atoms with Crippen molar-refractivity contribution in [1.29, 1.82) is 0 Å². The molecule has 0 aliphatic heterocycles. The van der Waals surface area contributed by atoms with Crippen molar-refractivity contribution < 1.29 is 33.7 Å². The molecule has 0 radical (unpaired) electrons. The SMILES string of the molecule is CC(C(=O)OC(C)(C)C)C(NCCN)C(O)(C(C)C(=O)OC(C)(C)C)C(C)C(=O)OC(C)(C)C. The van der Waals surface area contributed by atoms with Gasteiger partial charge >= 0.3 is 17.9 Å². The van der Waals surface area contributed by atoms with E-state index in [9.17, 15) is 19.5 Å². The van der Waals surface area contributed by atoms with Crippen molar-refractivity contribution in [2.24, 2.45) is 23.5 Å². The summed E-state index contributed by atoms with van der Waals surface area (Å²) in [6.45, 7) is 20.4. The molecule has 0 aliphatic rings. The van der Waals surface area contributed by atoms with Gasteiger partial charge in [0.25, 0.3) is 0 Å². The molecule has 0 saturated heterocycles. The van der Waals surface area contributed by atoms with E-state index in [1.165, 1.54) is 13.8 Å². The first-order chi connectivity index (χ1) is 15.1. The van der Waals surface area contributed by atoms with Gasteiger partial charge in [-0.1, -0.05) is 6.92 Å². The summed E-state index contributed by atoms with van der Waals surface area (Å²) in [5.41, 5.74) is 1.21. The van der Waals surface area contributed by atoms with Crippen molar-refractivity contribution in [2.75, 3.05) is 13.1 Å². The van der Waals surface area contributed by atoms with Gasteiger partial charge < -0.3 is 30.4 Å². The quantitative estimate of drug-likeness (QED) is 0.313. The Kier molecular flexibility index (Phi) is 11.2. The van der Waals surface area contributed by atoms with Crippen molar-refractivity contribution in [2.45, 2.75) is 112 Å². The molecule has 200 valence electrons. The molecule has 4 unspecified atom stereocenters. The first-order valence-corrected chi connectivity index (χ1v) is 11.9. The molecule has 0 heterocycles. The maximum Gasteiger partial charge on any atom is 0.312 e. The minimum atomic E-state index is -2.07. The van der Waals surface area contributed by atoms with Crippen molar-refractivity contribution in [1.82, 2.24) is 5.32 Å². The number of nitrogens with one attached hydrogen (secondary N) is 1. The molecule has 0 saturated carbocycles. The van der Waals surface area contributed by atoms with Crippen molar-refractivity contribution >= 4 is 17.9 Å². The lowest BCUT2D eigenvalue weighted by molar-refractivity contribution is -0.193. The highest BCUT2D eigenvalue weighted by molar-refractivity contribution is 5.80. The maximum atomic E-state index is 13.1. The number of carbonyl (C=O) groups excluding carboxylic acids is 3. The molecular weight excluding hydrogens is 440 g/mol. The second-order valence-electron chi connectivity index (χ2n) is 11.9. The highest BCUT2D eigenvalue weighted by Gasteiger charge is 2.56. The fourth-order valence-electron chi connectivity index (χ4n) is 3.58. The number of carbonyl (C=O) groups is 3. The zero-order chi connectivity index (χ0) is 27.3. The van der Waals surface area contributed by atoms with E-state index in [4.69, 9.17) is 19.9 Å². The van der Waals surface area contributed by atoms with E-state index in [0.717, 1.165) is 0 Å². The number of rotatable bonds is 10. The van der Waals surface area contributed by atoms with Gasteiger partial charge in [0.05, 0.1) is 23.8 Å².